The summed E-state index contributed by atoms with van der Waals surface area (Å²) in [5.41, 5.74) is 3.33. The highest BCUT2D eigenvalue weighted by atomic mass is 15.2. The molecule has 0 saturated heterocycles. The fourth-order valence-electron chi connectivity index (χ4n) is 2.17. The maximum absolute atomic E-state index is 5.72. The summed E-state index contributed by atoms with van der Waals surface area (Å²) < 4.78 is 0. The van der Waals surface area contributed by atoms with E-state index in [0.29, 0.717) is 11.5 Å². The van der Waals surface area contributed by atoms with Crippen LogP contribution in [0.5, 0.6) is 0 Å². The Balaban J connectivity index is 4.27. The molecular weight excluding hydrogens is 196 g/mol. The molecule has 0 saturated carbocycles. The minimum Gasteiger partial charge on any atom is -0.271 e. The molecule has 0 rings (SSSR count). The molecule has 98 valence electrons. The molecule has 16 heavy (non-hydrogen) atoms. The van der Waals surface area contributed by atoms with Gasteiger partial charge in [0.25, 0.3) is 0 Å². The predicted octanol–water partition coefficient (Wildman–Crippen LogP) is 3.86. The van der Waals surface area contributed by atoms with Crippen LogP contribution in [0.25, 0.3) is 0 Å². The molecule has 0 aliphatic heterocycles. The van der Waals surface area contributed by atoms with Gasteiger partial charge in [-0.25, -0.2) is 0 Å². The first kappa shape index (κ1) is 15.9. The van der Waals surface area contributed by atoms with Crippen LogP contribution in [0.3, 0.4) is 0 Å². The Morgan fingerprint density at radius 2 is 1.81 bits per heavy atom. The van der Waals surface area contributed by atoms with Crippen LogP contribution >= 0.6 is 0 Å². The maximum atomic E-state index is 5.72. The quantitative estimate of drug-likeness (QED) is 0.464. The molecule has 0 bridgehead atoms. The van der Waals surface area contributed by atoms with Gasteiger partial charge in [0.2, 0.25) is 0 Å². The standard InChI is InChI=1S/C14H32N2/c1-6-9-10-12(7-2)11-13(16-15)14(4,5)8-3/h12-13,16H,6-11,15H2,1-5H3. The molecule has 2 unspecified atom stereocenters. The van der Waals surface area contributed by atoms with Crippen LogP contribution in [-0.2, 0) is 0 Å². The monoisotopic (exact) mass is 228 g/mol. The van der Waals surface area contributed by atoms with Gasteiger partial charge in [0.1, 0.15) is 0 Å². The van der Waals surface area contributed by atoms with Crippen molar-refractivity contribution >= 4 is 0 Å². The largest absolute Gasteiger partial charge is 0.271 e. The average molecular weight is 228 g/mol. The van der Waals surface area contributed by atoms with Crippen molar-refractivity contribution in [2.75, 3.05) is 0 Å². The normalized spacial score (nSPS) is 16.1. The smallest absolute Gasteiger partial charge is 0.0264 e. The van der Waals surface area contributed by atoms with E-state index in [2.05, 4.69) is 40.0 Å². The number of hydrazine groups is 1. The Bertz CT molecular complexity index is 166. The Morgan fingerprint density at radius 1 is 1.19 bits per heavy atom. The zero-order valence-corrected chi connectivity index (χ0v) is 12.0. The van der Waals surface area contributed by atoms with Crippen molar-refractivity contribution in [1.82, 2.24) is 5.43 Å². The first-order valence-corrected chi connectivity index (χ1v) is 6.97. The first-order chi connectivity index (χ1) is 7.51. The van der Waals surface area contributed by atoms with Gasteiger partial charge in [0, 0.05) is 6.04 Å². The van der Waals surface area contributed by atoms with Gasteiger partial charge in [-0.2, -0.15) is 0 Å². The summed E-state index contributed by atoms with van der Waals surface area (Å²) in [5, 5.41) is 0. The van der Waals surface area contributed by atoms with Crippen LogP contribution < -0.4 is 11.3 Å². The van der Waals surface area contributed by atoms with Gasteiger partial charge in [0.05, 0.1) is 0 Å². The van der Waals surface area contributed by atoms with Gasteiger partial charge in [-0.3, -0.25) is 11.3 Å². The van der Waals surface area contributed by atoms with Gasteiger partial charge >= 0.3 is 0 Å². The zero-order chi connectivity index (χ0) is 12.6. The third-order valence-electron chi connectivity index (χ3n) is 4.17. The van der Waals surface area contributed by atoms with Gasteiger partial charge in [-0.15, -0.1) is 0 Å². The highest BCUT2D eigenvalue weighted by Gasteiger charge is 2.28. The van der Waals surface area contributed by atoms with Crippen LogP contribution in [-0.4, -0.2) is 6.04 Å². The predicted molar refractivity (Wildman–Crippen MR) is 73.1 cm³/mol. The van der Waals surface area contributed by atoms with Crippen molar-refractivity contribution in [2.45, 2.75) is 79.2 Å². The highest BCUT2D eigenvalue weighted by Crippen LogP contribution is 2.30. The SMILES string of the molecule is CCCCC(CC)CC(NN)C(C)(C)CC. The van der Waals surface area contributed by atoms with E-state index in [4.69, 9.17) is 5.84 Å². The second kappa shape index (κ2) is 8.08. The van der Waals surface area contributed by atoms with E-state index in [1.807, 2.05) is 0 Å². The zero-order valence-electron chi connectivity index (χ0n) is 12.0. The lowest BCUT2D eigenvalue weighted by Crippen LogP contribution is -2.46. The van der Waals surface area contributed by atoms with Crippen LogP contribution in [0, 0.1) is 11.3 Å². The molecular formula is C14H32N2. The number of hydrogen-bond acceptors (Lipinski definition) is 2. The van der Waals surface area contributed by atoms with Crippen LogP contribution in [0.2, 0.25) is 0 Å². The summed E-state index contributed by atoms with van der Waals surface area (Å²) in [7, 11) is 0. The summed E-state index contributed by atoms with van der Waals surface area (Å²) in [5.74, 6) is 6.54. The summed E-state index contributed by atoms with van der Waals surface area (Å²) >= 11 is 0. The van der Waals surface area contributed by atoms with E-state index in [1.54, 1.807) is 0 Å². The highest BCUT2D eigenvalue weighted by molar-refractivity contribution is 4.83. The van der Waals surface area contributed by atoms with Crippen molar-refractivity contribution < 1.29 is 0 Å². The summed E-state index contributed by atoms with van der Waals surface area (Å²) in [4.78, 5) is 0. The Morgan fingerprint density at radius 3 is 2.19 bits per heavy atom. The Labute approximate surface area is 102 Å². The lowest BCUT2D eigenvalue weighted by molar-refractivity contribution is 0.191. The van der Waals surface area contributed by atoms with E-state index >= 15 is 0 Å². The van der Waals surface area contributed by atoms with Gasteiger partial charge in [-0.05, 0) is 24.2 Å². The first-order valence-electron chi connectivity index (χ1n) is 6.97. The fourth-order valence-corrected chi connectivity index (χ4v) is 2.17. The molecule has 0 aromatic carbocycles. The lowest BCUT2D eigenvalue weighted by Gasteiger charge is -2.35. The lowest BCUT2D eigenvalue weighted by atomic mass is 9.76. The van der Waals surface area contributed by atoms with Crippen molar-refractivity contribution in [3.63, 3.8) is 0 Å². The molecule has 0 fully saturated rings. The molecule has 3 N–H and O–H groups in total. The fraction of sp³-hybridized carbons (Fsp3) is 1.00. The van der Waals surface area contributed by atoms with E-state index in [1.165, 1.54) is 38.5 Å². The molecule has 2 atom stereocenters. The van der Waals surface area contributed by atoms with Gasteiger partial charge < -0.3 is 0 Å². The van der Waals surface area contributed by atoms with Gasteiger partial charge in [0.15, 0.2) is 0 Å². The number of rotatable bonds is 9. The number of nitrogens with one attached hydrogen (secondary N) is 1. The number of nitrogens with two attached hydrogens (primary N) is 1. The summed E-state index contributed by atoms with van der Waals surface area (Å²) in [6, 6.07) is 0.444. The summed E-state index contributed by atoms with van der Waals surface area (Å²) in [6.45, 7) is 11.4. The molecule has 0 radical (unpaired) electrons. The minimum absolute atomic E-state index is 0.300. The van der Waals surface area contributed by atoms with E-state index < -0.39 is 0 Å². The third kappa shape index (κ3) is 5.31. The Kier molecular flexibility index (Phi) is 8.04. The third-order valence-corrected chi connectivity index (χ3v) is 4.17. The maximum Gasteiger partial charge on any atom is 0.0264 e. The van der Waals surface area contributed by atoms with E-state index in [0.717, 1.165) is 5.92 Å². The van der Waals surface area contributed by atoms with Crippen LogP contribution in [0.15, 0.2) is 0 Å². The second-order valence-corrected chi connectivity index (χ2v) is 5.71. The van der Waals surface area contributed by atoms with Crippen molar-refractivity contribution in [3.05, 3.63) is 0 Å². The molecule has 0 spiro atoms. The number of unbranched alkanes of at least 4 members (excludes halogenated alkanes) is 1. The minimum atomic E-state index is 0.300. The molecule has 0 heterocycles. The molecule has 2 nitrogen and oxygen atoms in total. The average Bonchev–Trinajstić information content (AvgIpc) is 2.29. The van der Waals surface area contributed by atoms with Crippen LogP contribution in [0.4, 0.5) is 0 Å². The molecule has 2 heteroatoms. The van der Waals surface area contributed by atoms with E-state index in [9.17, 15) is 0 Å². The van der Waals surface area contributed by atoms with Crippen molar-refractivity contribution in [3.8, 4) is 0 Å². The molecule has 0 amide bonds. The second-order valence-electron chi connectivity index (χ2n) is 5.71. The van der Waals surface area contributed by atoms with E-state index in [-0.39, 0.29) is 0 Å². The van der Waals surface area contributed by atoms with Crippen molar-refractivity contribution in [2.24, 2.45) is 17.2 Å². The molecule has 0 aliphatic carbocycles. The Hall–Kier alpha value is -0.0800. The van der Waals surface area contributed by atoms with Crippen LogP contribution in [0.1, 0.15) is 73.1 Å². The topological polar surface area (TPSA) is 38.0 Å². The molecule has 0 aliphatic rings. The molecule has 0 aromatic rings. The summed E-state index contributed by atoms with van der Waals surface area (Å²) in [6.07, 6.45) is 7.67. The van der Waals surface area contributed by atoms with Gasteiger partial charge in [-0.1, -0.05) is 60.3 Å². The number of hydrogen-bond donors (Lipinski definition) is 2. The van der Waals surface area contributed by atoms with Crippen molar-refractivity contribution in [1.29, 1.82) is 0 Å². The molecule has 0 aromatic heterocycles.